The minimum Gasteiger partial charge on any atom is -0.480 e. The fourth-order valence-corrected chi connectivity index (χ4v) is 3.18. The number of rotatable bonds is 5. The van der Waals surface area contributed by atoms with Crippen LogP contribution in [-0.2, 0) is 24.2 Å². The first kappa shape index (κ1) is 16.9. The molecule has 0 aromatic rings. The zero-order valence-electron chi connectivity index (χ0n) is 11.3. The Labute approximate surface area is 107 Å². The fourth-order valence-electron chi connectivity index (χ4n) is 1.48. The highest BCUT2D eigenvalue weighted by Gasteiger charge is 2.37. The minimum absolute atomic E-state index is 0.616. The van der Waals surface area contributed by atoms with Crippen LogP contribution in [0.4, 0.5) is 0 Å². The van der Waals surface area contributed by atoms with Gasteiger partial charge in [0.25, 0.3) is 0 Å². The largest absolute Gasteiger partial charge is 0.480 e. The van der Waals surface area contributed by atoms with Gasteiger partial charge in [0.1, 0.15) is 11.4 Å². The van der Waals surface area contributed by atoms with Crippen molar-refractivity contribution in [1.82, 2.24) is 0 Å². The predicted molar refractivity (Wildman–Crippen MR) is 65.9 cm³/mol. The second kappa shape index (κ2) is 5.69. The van der Waals surface area contributed by atoms with Crippen molar-refractivity contribution >= 4 is 21.8 Å². The lowest BCUT2D eigenvalue weighted by atomic mass is 10.1. The van der Waals surface area contributed by atoms with Gasteiger partial charge in [0.2, 0.25) is 0 Å². The van der Waals surface area contributed by atoms with Crippen molar-refractivity contribution in [2.75, 3.05) is 5.75 Å². The number of carbonyl (C=O) groups is 2. The smallest absolute Gasteiger partial charge is 0.322 e. The van der Waals surface area contributed by atoms with Gasteiger partial charge in [-0.15, -0.1) is 0 Å². The van der Waals surface area contributed by atoms with E-state index in [1.165, 1.54) is 13.8 Å². The number of esters is 1. The van der Waals surface area contributed by atoms with E-state index in [2.05, 4.69) is 0 Å². The highest BCUT2D eigenvalue weighted by molar-refractivity contribution is 7.93. The van der Waals surface area contributed by atoms with Crippen LogP contribution in [0.5, 0.6) is 0 Å². The summed E-state index contributed by atoms with van der Waals surface area (Å²) >= 11 is 0. The van der Waals surface area contributed by atoms with E-state index in [1.807, 2.05) is 0 Å². The molecule has 0 radical (unpaired) electrons. The molecule has 0 saturated carbocycles. The Balaban J connectivity index is 4.96. The molecule has 1 unspecified atom stereocenters. The maximum atomic E-state index is 11.8. The maximum absolute atomic E-state index is 11.8. The zero-order valence-corrected chi connectivity index (χ0v) is 12.1. The molecule has 0 aromatic heterocycles. The number of aliphatic carboxylic acids is 1. The number of hydrogen-bond acceptors (Lipinski definition) is 5. The minimum atomic E-state index is -4.07. The molecule has 1 N–H and O–H groups in total. The first-order valence-electron chi connectivity index (χ1n) is 5.53. The van der Waals surface area contributed by atoms with Gasteiger partial charge in [0.15, 0.2) is 15.1 Å². The second-order valence-corrected chi connectivity index (χ2v) is 7.52. The van der Waals surface area contributed by atoms with Crippen LogP contribution < -0.4 is 0 Å². The van der Waals surface area contributed by atoms with Gasteiger partial charge in [-0.3, -0.25) is 9.59 Å². The molecule has 0 aliphatic rings. The number of carboxylic acid groups (broad SMARTS) is 1. The van der Waals surface area contributed by atoms with Gasteiger partial charge in [-0.1, -0.05) is 13.8 Å². The lowest BCUT2D eigenvalue weighted by Gasteiger charge is -2.21. The lowest BCUT2D eigenvalue weighted by molar-refractivity contribution is -0.151. The van der Waals surface area contributed by atoms with Gasteiger partial charge in [-0.25, -0.2) is 8.42 Å². The summed E-state index contributed by atoms with van der Waals surface area (Å²) in [4.78, 5) is 22.4. The Bertz CT molecular complexity index is 415. The molecule has 0 saturated heterocycles. The molecule has 1 atom stereocenters. The van der Waals surface area contributed by atoms with Crippen LogP contribution in [0.3, 0.4) is 0 Å². The maximum Gasteiger partial charge on any atom is 0.322 e. The van der Waals surface area contributed by atoms with Gasteiger partial charge >= 0.3 is 11.9 Å². The van der Waals surface area contributed by atoms with Gasteiger partial charge in [-0.05, 0) is 26.7 Å². The summed E-state index contributed by atoms with van der Waals surface area (Å²) in [6.07, 6.45) is 0. The predicted octanol–water partition coefficient (Wildman–Crippen LogP) is 0.852. The molecule has 0 aliphatic carbocycles. The van der Waals surface area contributed by atoms with Crippen molar-refractivity contribution in [3.05, 3.63) is 0 Å². The van der Waals surface area contributed by atoms with Crippen molar-refractivity contribution in [2.24, 2.45) is 5.92 Å². The topological polar surface area (TPSA) is 97.7 Å². The SMILES string of the molecule is CC(C)C(C(=O)O)S(=O)(=O)CC(=O)OC(C)(C)C. The highest BCUT2D eigenvalue weighted by Crippen LogP contribution is 2.15. The normalized spacial score (nSPS) is 14.3. The van der Waals surface area contributed by atoms with Crippen LogP contribution in [0, 0.1) is 5.92 Å². The van der Waals surface area contributed by atoms with Crippen LogP contribution in [0.1, 0.15) is 34.6 Å². The van der Waals surface area contributed by atoms with Gasteiger partial charge in [0.05, 0.1) is 0 Å². The van der Waals surface area contributed by atoms with Crippen molar-refractivity contribution in [3.63, 3.8) is 0 Å². The Morgan fingerprint density at radius 3 is 1.94 bits per heavy atom. The highest BCUT2D eigenvalue weighted by atomic mass is 32.2. The number of carbonyl (C=O) groups excluding carboxylic acids is 1. The molecule has 0 bridgehead atoms. The third-order valence-corrected chi connectivity index (χ3v) is 4.13. The summed E-state index contributed by atoms with van der Waals surface area (Å²) in [7, 11) is -4.07. The van der Waals surface area contributed by atoms with Crippen molar-refractivity contribution < 1.29 is 27.9 Å². The van der Waals surface area contributed by atoms with Crippen LogP contribution in [0.15, 0.2) is 0 Å². The van der Waals surface area contributed by atoms with Crippen LogP contribution in [0.25, 0.3) is 0 Å². The second-order valence-electron chi connectivity index (χ2n) is 5.40. The van der Waals surface area contributed by atoms with E-state index in [0.29, 0.717) is 0 Å². The average Bonchev–Trinajstić information content (AvgIpc) is 1.93. The zero-order chi connectivity index (χ0) is 14.7. The van der Waals surface area contributed by atoms with E-state index < -0.39 is 44.3 Å². The van der Waals surface area contributed by atoms with E-state index in [1.54, 1.807) is 20.8 Å². The number of carboxylic acids is 1. The van der Waals surface area contributed by atoms with Gasteiger partial charge in [0, 0.05) is 0 Å². The number of ether oxygens (including phenoxy) is 1. The van der Waals surface area contributed by atoms with E-state index in [9.17, 15) is 18.0 Å². The molecule has 0 rings (SSSR count). The Morgan fingerprint density at radius 2 is 1.67 bits per heavy atom. The Kier molecular flexibility index (Phi) is 5.34. The summed E-state index contributed by atoms with van der Waals surface area (Å²) in [5.74, 6) is -3.92. The molecule has 6 nitrogen and oxygen atoms in total. The van der Waals surface area contributed by atoms with E-state index >= 15 is 0 Å². The first-order chi connectivity index (χ1) is 7.87. The average molecular weight is 280 g/mol. The van der Waals surface area contributed by atoms with Gasteiger partial charge < -0.3 is 9.84 Å². The molecular formula is C11H20O6S. The molecule has 7 heteroatoms. The standard InChI is InChI=1S/C11H20O6S/c1-7(2)9(10(13)14)18(15,16)6-8(12)17-11(3,4)5/h7,9H,6H2,1-5H3,(H,13,14). The van der Waals surface area contributed by atoms with E-state index in [0.717, 1.165) is 0 Å². The van der Waals surface area contributed by atoms with Crippen LogP contribution in [0.2, 0.25) is 0 Å². The summed E-state index contributed by atoms with van der Waals surface area (Å²) in [6, 6.07) is 0. The van der Waals surface area contributed by atoms with Crippen LogP contribution in [-0.4, -0.2) is 42.1 Å². The first-order valence-corrected chi connectivity index (χ1v) is 7.24. The monoisotopic (exact) mass is 280 g/mol. The number of sulfone groups is 1. The van der Waals surface area contributed by atoms with Gasteiger partial charge in [-0.2, -0.15) is 0 Å². The summed E-state index contributed by atoms with van der Waals surface area (Å²) in [5, 5.41) is 7.30. The third kappa shape index (κ3) is 5.48. The number of hydrogen-bond donors (Lipinski definition) is 1. The molecule has 0 spiro atoms. The summed E-state index contributed by atoms with van der Waals surface area (Å²) < 4.78 is 28.5. The molecule has 0 fully saturated rings. The molecular weight excluding hydrogens is 260 g/mol. The molecule has 0 amide bonds. The van der Waals surface area contributed by atoms with E-state index in [-0.39, 0.29) is 0 Å². The van der Waals surface area contributed by atoms with Crippen molar-refractivity contribution in [2.45, 2.75) is 45.5 Å². The molecule has 0 heterocycles. The van der Waals surface area contributed by atoms with E-state index in [4.69, 9.17) is 9.84 Å². The third-order valence-electron chi connectivity index (χ3n) is 1.97. The molecule has 0 aliphatic heterocycles. The lowest BCUT2D eigenvalue weighted by Crippen LogP contribution is -2.40. The summed E-state index contributed by atoms with van der Waals surface area (Å²) in [5.41, 5.74) is -0.802. The quantitative estimate of drug-likeness (QED) is 0.750. The Morgan fingerprint density at radius 1 is 1.22 bits per heavy atom. The summed E-state index contributed by atoms with van der Waals surface area (Å²) in [6.45, 7) is 7.77. The molecule has 106 valence electrons. The van der Waals surface area contributed by atoms with Crippen molar-refractivity contribution in [1.29, 1.82) is 0 Å². The Hall–Kier alpha value is -1.11. The fraction of sp³-hybridized carbons (Fsp3) is 0.818. The molecule has 18 heavy (non-hydrogen) atoms. The van der Waals surface area contributed by atoms with Crippen molar-refractivity contribution in [3.8, 4) is 0 Å². The van der Waals surface area contributed by atoms with Crippen LogP contribution >= 0.6 is 0 Å². The molecule has 0 aromatic carbocycles.